The molecule has 1 atom stereocenters. The van der Waals surface area contributed by atoms with Crippen molar-refractivity contribution in [2.45, 2.75) is 39.8 Å². The van der Waals surface area contributed by atoms with Gasteiger partial charge in [0.25, 0.3) is 5.91 Å². The van der Waals surface area contributed by atoms with Gasteiger partial charge in [0.2, 0.25) is 5.91 Å². The number of amides is 2. The van der Waals surface area contributed by atoms with Gasteiger partial charge in [-0.1, -0.05) is 42.8 Å². The highest BCUT2D eigenvalue weighted by Gasteiger charge is 2.26. The van der Waals surface area contributed by atoms with Crippen LogP contribution in [-0.4, -0.2) is 35.9 Å². The molecule has 0 heterocycles. The Bertz CT molecular complexity index is 860. The van der Waals surface area contributed by atoms with Crippen molar-refractivity contribution in [1.29, 1.82) is 0 Å². The van der Waals surface area contributed by atoms with Crippen LogP contribution < -0.4 is 10.1 Å². The Morgan fingerprint density at radius 1 is 1.24 bits per heavy atom. The van der Waals surface area contributed by atoms with Crippen molar-refractivity contribution in [3.05, 3.63) is 63.1 Å². The van der Waals surface area contributed by atoms with Crippen molar-refractivity contribution in [2.24, 2.45) is 0 Å². The first-order valence-electron chi connectivity index (χ1n) is 9.53. The second-order valence-electron chi connectivity index (χ2n) is 6.78. The fraction of sp³-hybridized carbons (Fsp3) is 0.364. The van der Waals surface area contributed by atoms with E-state index in [0.29, 0.717) is 28.3 Å². The molecule has 2 aromatic rings. The number of nitrogens with one attached hydrogen (secondary N) is 1. The van der Waals surface area contributed by atoms with E-state index in [-0.39, 0.29) is 18.4 Å². The number of rotatable bonds is 9. The molecule has 0 fully saturated rings. The maximum absolute atomic E-state index is 13.0. The monoisotopic (exact) mass is 480 g/mol. The Morgan fingerprint density at radius 3 is 2.62 bits per heavy atom. The van der Waals surface area contributed by atoms with Crippen LogP contribution in [0.4, 0.5) is 0 Å². The SMILES string of the molecule is CCCNC(=O)[C@@H](C)N(Cc1ccccc1C)C(=O)COc1ccc(Cl)cc1Br. The summed E-state index contributed by atoms with van der Waals surface area (Å²) in [6.45, 7) is 6.43. The molecule has 0 aliphatic heterocycles. The van der Waals surface area contributed by atoms with Gasteiger partial charge in [0, 0.05) is 18.1 Å². The first-order valence-corrected chi connectivity index (χ1v) is 10.7. The van der Waals surface area contributed by atoms with Crippen LogP contribution in [0, 0.1) is 6.92 Å². The van der Waals surface area contributed by atoms with Crippen LogP contribution in [0.2, 0.25) is 5.02 Å². The van der Waals surface area contributed by atoms with Gasteiger partial charge < -0.3 is 15.0 Å². The quantitative estimate of drug-likeness (QED) is 0.563. The molecule has 5 nitrogen and oxygen atoms in total. The van der Waals surface area contributed by atoms with Gasteiger partial charge in [0.15, 0.2) is 6.61 Å². The summed E-state index contributed by atoms with van der Waals surface area (Å²) in [6.07, 6.45) is 0.831. The lowest BCUT2D eigenvalue weighted by atomic mass is 10.1. The lowest BCUT2D eigenvalue weighted by Crippen LogP contribution is -2.49. The maximum Gasteiger partial charge on any atom is 0.261 e. The molecule has 0 aromatic heterocycles. The van der Waals surface area contributed by atoms with Crippen LogP contribution in [0.15, 0.2) is 46.9 Å². The molecule has 0 saturated carbocycles. The molecule has 0 radical (unpaired) electrons. The third-order valence-electron chi connectivity index (χ3n) is 4.56. The molecule has 29 heavy (non-hydrogen) atoms. The second-order valence-corrected chi connectivity index (χ2v) is 8.07. The van der Waals surface area contributed by atoms with Gasteiger partial charge in [-0.15, -0.1) is 0 Å². The van der Waals surface area contributed by atoms with Crippen molar-refractivity contribution in [2.75, 3.05) is 13.2 Å². The Balaban J connectivity index is 2.17. The predicted octanol–water partition coefficient (Wildman–Crippen LogP) is 4.73. The second kappa shape index (κ2) is 11.2. The summed E-state index contributed by atoms with van der Waals surface area (Å²) in [5, 5.41) is 3.43. The number of carbonyl (C=O) groups excluding carboxylic acids is 2. The van der Waals surface area contributed by atoms with Crippen LogP contribution >= 0.6 is 27.5 Å². The number of hydrogen-bond donors (Lipinski definition) is 1. The highest BCUT2D eigenvalue weighted by atomic mass is 79.9. The summed E-state index contributed by atoms with van der Waals surface area (Å²) >= 11 is 9.33. The van der Waals surface area contributed by atoms with Gasteiger partial charge in [0.1, 0.15) is 11.8 Å². The average molecular weight is 482 g/mol. The smallest absolute Gasteiger partial charge is 0.261 e. The summed E-state index contributed by atoms with van der Waals surface area (Å²) in [7, 11) is 0. The highest BCUT2D eigenvalue weighted by molar-refractivity contribution is 9.10. The largest absolute Gasteiger partial charge is 0.483 e. The standard InChI is InChI=1S/C22H26BrClN2O3/c1-4-11-25-22(28)16(3)26(13-17-8-6-5-7-15(17)2)21(27)14-29-20-10-9-18(24)12-19(20)23/h5-10,12,16H,4,11,13-14H2,1-3H3,(H,25,28)/t16-/m1/s1. The minimum absolute atomic E-state index is 0.179. The molecule has 7 heteroatoms. The molecular weight excluding hydrogens is 456 g/mol. The summed E-state index contributed by atoms with van der Waals surface area (Å²) in [5.74, 6) is 0.0670. The van der Waals surface area contributed by atoms with Gasteiger partial charge >= 0.3 is 0 Å². The van der Waals surface area contributed by atoms with Gasteiger partial charge in [0.05, 0.1) is 4.47 Å². The van der Waals surface area contributed by atoms with Gasteiger partial charge in [-0.2, -0.15) is 0 Å². The molecule has 0 bridgehead atoms. The number of carbonyl (C=O) groups is 2. The van der Waals surface area contributed by atoms with Crippen molar-refractivity contribution in [1.82, 2.24) is 10.2 Å². The van der Waals surface area contributed by atoms with Crippen molar-refractivity contribution < 1.29 is 14.3 Å². The Labute approximate surface area is 185 Å². The van der Waals surface area contributed by atoms with Gasteiger partial charge in [-0.25, -0.2) is 0 Å². The Kier molecular flexibility index (Phi) is 8.99. The van der Waals surface area contributed by atoms with E-state index >= 15 is 0 Å². The zero-order valence-electron chi connectivity index (χ0n) is 16.9. The van der Waals surface area contributed by atoms with Gasteiger partial charge in [-0.3, -0.25) is 9.59 Å². The summed E-state index contributed by atoms with van der Waals surface area (Å²) in [5.41, 5.74) is 2.05. The lowest BCUT2D eigenvalue weighted by Gasteiger charge is -2.29. The molecular formula is C22H26BrClN2O3. The molecule has 2 amide bonds. The Hall–Kier alpha value is -2.05. The number of halogens is 2. The topological polar surface area (TPSA) is 58.6 Å². The molecule has 0 saturated heterocycles. The zero-order valence-corrected chi connectivity index (χ0v) is 19.2. The minimum atomic E-state index is -0.620. The van der Waals surface area contributed by atoms with Crippen molar-refractivity contribution in [3.63, 3.8) is 0 Å². The van der Waals surface area contributed by atoms with Crippen molar-refractivity contribution >= 4 is 39.3 Å². The van der Waals surface area contributed by atoms with Crippen LogP contribution in [0.3, 0.4) is 0 Å². The number of hydrogen-bond acceptors (Lipinski definition) is 3. The van der Waals surface area contributed by atoms with Crippen LogP contribution in [0.25, 0.3) is 0 Å². The van der Waals surface area contributed by atoms with E-state index in [0.717, 1.165) is 17.5 Å². The third kappa shape index (κ3) is 6.75. The maximum atomic E-state index is 13.0. The molecule has 0 aliphatic rings. The van der Waals surface area contributed by atoms with E-state index in [9.17, 15) is 9.59 Å². The van der Waals surface area contributed by atoms with E-state index in [4.69, 9.17) is 16.3 Å². The fourth-order valence-corrected chi connectivity index (χ4v) is 3.56. The molecule has 0 unspecified atom stereocenters. The van der Waals surface area contributed by atoms with Gasteiger partial charge in [-0.05, 0) is 65.5 Å². The normalized spacial score (nSPS) is 11.6. The van der Waals surface area contributed by atoms with Crippen LogP contribution in [0.5, 0.6) is 5.75 Å². The summed E-state index contributed by atoms with van der Waals surface area (Å²) in [6, 6.07) is 12.3. The number of aryl methyl sites for hydroxylation is 1. The van der Waals surface area contributed by atoms with Crippen LogP contribution in [-0.2, 0) is 16.1 Å². The van der Waals surface area contributed by atoms with Crippen molar-refractivity contribution in [3.8, 4) is 5.75 Å². The molecule has 156 valence electrons. The minimum Gasteiger partial charge on any atom is -0.483 e. The first kappa shape index (κ1) is 23.2. The third-order valence-corrected chi connectivity index (χ3v) is 5.42. The molecule has 2 aromatic carbocycles. The fourth-order valence-electron chi connectivity index (χ4n) is 2.76. The number of benzene rings is 2. The Morgan fingerprint density at radius 2 is 1.97 bits per heavy atom. The average Bonchev–Trinajstić information content (AvgIpc) is 2.70. The first-order chi connectivity index (χ1) is 13.8. The zero-order chi connectivity index (χ0) is 21.4. The summed E-state index contributed by atoms with van der Waals surface area (Å²) in [4.78, 5) is 27.1. The number of ether oxygens (including phenoxy) is 1. The van der Waals surface area contributed by atoms with E-state index in [1.165, 1.54) is 0 Å². The predicted molar refractivity (Wildman–Crippen MR) is 119 cm³/mol. The molecule has 1 N–H and O–H groups in total. The van der Waals surface area contributed by atoms with E-state index in [2.05, 4.69) is 21.2 Å². The van der Waals surface area contributed by atoms with E-state index in [1.807, 2.05) is 38.1 Å². The molecule has 0 spiro atoms. The lowest BCUT2D eigenvalue weighted by molar-refractivity contribution is -0.142. The molecule has 2 rings (SSSR count). The molecule has 0 aliphatic carbocycles. The van der Waals surface area contributed by atoms with E-state index < -0.39 is 6.04 Å². The highest BCUT2D eigenvalue weighted by Crippen LogP contribution is 2.28. The van der Waals surface area contributed by atoms with E-state index in [1.54, 1.807) is 30.0 Å². The number of nitrogens with zero attached hydrogens (tertiary/aromatic N) is 1. The van der Waals surface area contributed by atoms with Crippen LogP contribution in [0.1, 0.15) is 31.4 Å². The summed E-state index contributed by atoms with van der Waals surface area (Å²) < 4.78 is 6.35.